The minimum absolute atomic E-state index is 0.0661. The minimum Gasteiger partial charge on any atom is -0.491 e. The summed E-state index contributed by atoms with van der Waals surface area (Å²) in [4.78, 5) is 35.5. The van der Waals surface area contributed by atoms with Crippen molar-refractivity contribution in [3.63, 3.8) is 0 Å². The first-order valence-electron chi connectivity index (χ1n) is 9.42. The van der Waals surface area contributed by atoms with Crippen LogP contribution in [0.1, 0.15) is 56.6 Å². The second-order valence-electron chi connectivity index (χ2n) is 8.01. The smallest absolute Gasteiger partial charge is 0.404 e. The molecule has 0 saturated heterocycles. The topological polar surface area (TPSA) is 97.6 Å². The molecule has 0 spiro atoms. The van der Waals surface area contributed by atoms with Gasteiger partial charge in [-0.1, -0.05) is 40.2 Å². The molecule has 0 radical (unpaired) electrons. The Morgan fingerprint density at radius 3 is 2.57 bits per heavy atom. The van der Waals surface area contributed by atoms with Crippen molar-refractivity contribution in [1.29, 1.82) is 0 Å². The van der Waals surface area contributed by atoms with E-state index in [9.17, 15) is 14.4 Å². The van der Waals surface area contributed by atoms with Crippen molar-refractivity contribution in [3.8, 4) is 5.75 Å². The fourth-order valence-electron chi connectivity index (χ4n) is 3.01. The van der Waals surface area contributed by atoms with Crippen molar-refractivity contribution >= 4 is 23.2 Å². The van der Waals surface area contributed by atoms with Crippen LogP contribution in [0.25, 0.3) is 10.8 Å². The largest absolute Gasteiger partial charge is 0.491 e. The molecule has 152 valence electrons. The van der Waals surface area contributed by atoms with Gasteiger partial charge in [-0.2, -0.15) is 0 Å². The Morgan fingerprint density at radius 1 is 1.29 bits per heavy atom. The molecule has 0 unspecified atom stereocenters. The van der Waals surface area contributed by atoms with Crippen LogP contribution in [-0.4, -0.2) is 28.7 Å². The van der Waals surface area contributed by atoms with Gasteiger partial charge in [-0.05, 0) is 24.0 Å². The molecule has 0 aliphatic heterocycles. The number of nitrogens with zero attached hydrogens (tertiary/aromatic N) is 1. The number of pyridine rings is 1. The van der Waals surface area contributed by atoms with Gasteiger partial charge in [-0.15, -0.1) is 0 Å². The van der Waals surface area contributed by atoms with Gasteiger partial charge in [0.1, 0.15) is 12.0 Å². The van der Waals surface area contributed by atoms with E-state index in [1.807, 2.05) is 27.7 Å². The Hall–Kier alpha value is -2.83. The predicted octanol–water partition coefficient (Wildman–Crippen LogP) is 3.81. The van der Waals surface area contributed by atoms with Crippen molar-refractivity contribution < 1.29 is 19.4 Å². The fourth-order valence-corrected chi connectivity index (χ4v) is 3.01. The molecule has 2 N–H and O–H groups in total. The lowest BCUT2D eigenvalue weighted by Gasteiger charge is -2.25. The third-order valence-corrected chi connectivity index (χ3v) is 4.27. The van der Waals surface area contributed by atoms with E-state index in [-0.39, 0.29) is 17.5 Å². The zero-order valence-corrected chi connectivity index (χ0v) is 16.9. The number of unbranched alkanes of at least 4 members (excludes halogenated alkanes) is 1. The lowest BCUT2D eigenvalue weighted by atomic mass is 9.96. The van der Waals surface area contributed by atoms with Crippen LogP contribution in [-0.2, 0) is 13.1 Å². The number of rotatable bonds is 8. The maximum absolute atomic E-state index is 13.2. The van der Waals surface area contributed by atoms with Gasteiger partial charge in [0.2, 0.25) is 0 Å². The average molecular weight is 388 g/mol. The SMILES string of the molecule is CCCCOc1c(CNC(=O)O)n(CC(C)(C)C)c(=O)c2ccc(C=O)cc12. The van der Waals surface area contributed by atoms with Crippen molar-refractivity contribution in [2.45, 2.75) is 53.6 Å². The van der Waals surface area contributed by atoms with E-state index in [2.05, 4.69) is 5.32 Å². The Morgan fingerprint density at radius 2 is 2.00 bits per heavy atom. The molecule has 0 atom stereocenters. The number of fused-ring (bicyclic) bond motifs is 1. The Bertz CT molecular complexity index is 925. The number of aromatic nitrogens is 1. The molecular formula is C21H28N2O5. The summed E-state index contributed by atoms with van der Waals surface area (Å²) in [5, 5.41) is 12.4. The number of amides is 1. The third-order valence-electron chi connectivity index (χ3n) is 4.27. The lowest BCUT2D eigenvalue weighted by molar-refractivity contribution is 0.112. The van der Waals surface area contributed by atoms with Gasteiger partial charge in [0.25, 0.3) is 5.56 Å². The number of hydrogen-bond acceptors (Lipinski definition) is 4. The highest BCUT2D eigenvalue weighted by atomic mass is 16.5. The number of carbonyl (C=O) groups excluding carboxylic acids is 1. The molecule has 0 aliphatic carbocycles. The highest BCUT2D eigenvalue weighted by molar-refractivity contribution is 5.93. The van der Waals surface area contributed by atoms with Crippen LogP contribution < -0.4 is 15.6 Å². The van der Waals surface area contributed by atoms with Crippen molar-refractivity contribution in [2.24, 2.45) is 5.41 Å². The number of carboxylic acid groups (broad SMARTS) is 1. The van der Waals surface area contributed by atoms with Crippen molar-refractivity contribution in [1.82, 2.24) is 9.88 Å². The van der Waals surface area contributed by atoms with Gasteiger partial charge in [-0.25, -0.2) is 4.79 Å². The summed E-state index contributed by atoms with van der Waals surface area (Å²) in [5.41, 5.74) is 0.457. The summed E-state index contributed by atoms with van der Waals surface area (Å²) in [6, 6.07) is 4.85. The highest BCUT2D eigenvalue weighted by Crippen LogP contribution is 2.30. The van der Waals surface area contributed by atoms with E-state index in [1.54, 1.807) is 22.8 Å². The van der Waals surface area contributed by atoms with Crippen LogP contribution in [0.2, 0.25) is 0 Å². The van der Waals surface area contributed by atoms with Gasteiger partial charge in [-0.3, -0.25) is 9.59 Å². The first-order chi connectivity index (χ1) is 13.2. The molecule has 0 saturated carbocycles. The van der Waals surface area contributed by atoms with Crippen LogP contribution in [0.4, 0.5) is 4.79 Å². The van der Waals surface area contributed by atoms with Crippen LogP contribution in [0.15, 0.2) is 23.0 Å². The number of ether oxygens (including phenoxy) is 1. The van der Waals surface area contributed by atoms with E-state index < -0.39 is 6.09 Å². The lowest BCUT2D eigenvalue weighted by Crippen LogP contribution is -2.33. The standard InChI is InChI=1S/C21H28N2O5/c1-5-6-9-28-18-16-10-14(12-24)7-8-15(16)19(25)23(13-21(2,3)4)17(18)11-22-20(26)27/h7-8,10,12,22H,5-6,9,11,13H2,1-4H3,(H,26,27). The second-order valence-corrected chi connectivity index (χ2v) is 8.01. The van der Waals surface area contributed by atoms with Crippen LogP contribution >= 0.6 is 0 Å². The van der Waals surface area contributed by atoms with Crippen LogP contribution in [0, 0.1) is 5.41 Å². The molecule has 7 heteroatoms. The second kappa shape index (κ2) is 8.91. The molecular weight excluding hydrogens is 360 g/mol. The quantitative estimate of drug-likeness (QED) is 0.529. The minimum atomic E-state index is -1.18. The van der Waals surface area contributed by atoms with Gasteiger partial charge in [0.05, 0.1) is 24.2 Å². The molecule has 0 aliphatic rings. The van der Waals surface area contributed by atoms with Gasteiger partial charge in [0.15, 0.2) is 0 Å². The molecule has 0 fully saturated rings. The summed E-state index contributed by atoms with van der Waals surface area (Å²) >= 11 is 0. The fraction of sp³-hybridized carbons (Fsp3) is 0.476. The van der Waals surface area contributed by atoms with Crippen molar-refractivity contribution in [2.75, 3.05) is 6.61 Å². The Kier molecular flexibility index (Phi) is 6.83. The average Bonchev–Trinajstić information content (AvgIpc) is 2.62. The molecule has 2 rings (SSSR count). The molecule has 7 nitrogen and oxygen atoms in total. The number of aldehydes is 1. The summed E-state index contributed by atoms with van der Waals surface area (Å²) in [6.07, 6.45) is 1.28. The normalized spacial score (nSPS) is 11.4. The van der Waals surface area contributed by atoms with Gasteiger partial charge in [0, 0.05) is 17.5 Å². The predicted molar refractivity (Wildman–Crippen MR) is 108 cm³/mol. The van der Waals surface area contributed by atoms with Gasteiger partial charge < -0.3 is 19.7 Å². The van der Waals surface area contributed by atoms with Crippen molar-refractivity contribution in [3.05, 3.63) is 39.8 Å². The Labute approximate surface area is 164 Å². The van der Waals surface area contributed by atoms with E-state index in [1.165, 1.54) is 0 Å². The number of hydrogen-bond donors (Lipinski definition) is 2. The maximum Gasteiger partial charge on any atom is 0.404 e. The summed E-state index contributed by atoms with van der Waals surface area (Å²) in [5.74, 6) is 0.449. The van der Waals surface area contributed by atoms with E-state index in [4.69, 9.17) is 9.84 Å². The van der Waals surface area contributed by atoms with E-state index in [0.29, 0.717) is 47.2 Å². The summed E-state index contributed by atoms with van der Waals surface area (Å²) < 4.78 is 7.61. The molecule has 1 aromatic carbocycles. The summed E-state index contributed by atoms with van der Waals surface area (Å²) in [7, 11) is 0. The molecule has 1 amide bonds. The molecule has 1 aromatic heterocycles. The summed E-state index contributed by atoms with van der Waals surface area (Å²) in [6.45, 7) is 8.83. The van der Waals surface area contributed by atoms with E-state index in [0.717, 1.165) is 12.8 Å². The maximum atomic E-state index is 13.2. The van der Waals surface area contributed by atoms with Crippen LogP contribution in [0.3, 0.4) is 0 Å². The number of benzene rings is 1. The first-order valence-corrected chi connectivity index (χ1v) is 9.42. The van der Waals surface area contributed by atoms with E-state index >= 15 is 0 Å². The molecule has 2 aromatic rings. The number of carbonyl (C=O) groups is 2. The number of nitrogens with one attached hydrogen (secondary N) is 1. The molecule has 0 bridgehead atoms. The zero-order valence-electron chi connectivity index (χ0n) is 16.9. The third kappa shape index (κ3) is 5.12. The molecule has 28 heavy (non-hydrogen) atoms. The first kappa shape index (κ1) is 21.5. The van der Waals surface area contributed by atoms with Gasteiger partial charge >= 0.3 is 6.09 Å². The monoisotopic (exact) mass is 388 g/mol. The Balaban J connectivity index is 2.80. The molecule has 1 heterocycles. The van der Waals surface area contributed by atoms with Crippen LogP contribution in [0.5, 0.6) is 5.75 Å². The zero-order chi connectivity index (χ0) is 20.9. The highest BCUT2D eigenvalue weighted by Gasteiger charge is 2.22.